The molecule has 0 aromatic heterocycles. The van der Waals surface area contributed by atoms with Gasteiger partial charge in [-0.25, -0.2) is 16.8 Å². The average Bonchev–Trinajstić information content (AvgIpc) is 2.53. The van der Waals surface area contributed by atoms with Crippen LogP contribution in [0.15, 0.2) is 34.1 Å². The van der Waals surface area contributed by atoms with Crippen LogP contribution in [0.2, 0.25) is 0 Å². The van der Waals surface area contributed by atoms with Crippen LogP contribution in [0, 0.1) is 0 Å². The van der Waals surface area contributed by atoms with Gasteiger partial charge in [0.05, 0.1) is 9.79 Å². The number of carboxylic acid groups (broad SMARTS) is 1. The van der Waals surface area contributed by atoms with Gasteiger partial charge < -0.3 is 5.11 Å². The lowest BCUT2D eigenvalue weighted by atomic mass is 10.4. The van der Waals surface area contributed by atoms with Crippen molar-refractivity contribution in [2.24, 2.45) is 0 Å². The summed E-state index contributed by atoms with van der Waals surface area (Å²) in [4.78, 5) is 10.8. The van der Waals surface area contributed by atoms with Gasteiger partial charge in [-0.1, -0.05) is 13.8 Å². The van der Waals surface area contributed by atoms with E-state index in [1.54, 1.807) is 27.7 Å². The van der Waals surface area contributed by atoms with E-state index in [9.17, 15) is 21.6 Å². The van der Waals surface area contributed by atoms with Gasteiger partial charge in [0.2, 0.25) is 20.0 Å². The number of benzene rings is 1. The second kappa shape index (κ2) is 8.26. The summed E-state index contributed by atoms with van der Waals surface area (Å²) >= 11 is 0. The number of carbonyl (C=O) groups is 1. The van der Waals surface area contributed by atoms with E-state index in [2.05, 4.69) is 0 Å². The molecule has 0 saturated carbocycles. The maximum Gasteiger partial charge on any atom is 0.318 e. The van der Waals surface area contributed by atoms with Crippen molar-refractivity contribution in [3.8, 4) is 0 Å². The standard InChI is InChI=1S/C15H24N2O6S2/c1-5-16(6-2)24(20,21)13-7-9-14(10-8-13)25(22,23)17(12(3)4)11-15(18)19/h7-10,12H,5-6,11H2,1-4H3,(H,18,19). The Morgan fingerprint density at radius 2 is 1.36 bits per heavy atom. The average molecular weight is 392 g/mol. The van der Waals surface area contributed by atoms with Gasteiger partial charge in [0.1, 0.15) is 6.54 Å². The number of nitrogens with zero attached hydrogens (tertiary/aromatic N) is 2. The molecular formula is C15H24N2O6S2. The number of sulfonamides is 2. The van der Waals surface area contributed by atoms with E-state index in [-0.39, 0.29) is 9.79 Å². The molecule has 0 atom stereocenters. The number of carboxylic acids is 1. The molecule has 0 radical (unpaired) electrons. The Morgan fingerprint density at radius 1 is 0.960 bits per heavy atom. The Hall–Kier alpha value is -1.49. The van der Waals surface area contributed by atoms with Gasteiger partial charge >= 0.3 is 5.97 Å². The molecule has 0 saturated heterocycles. The van der Waals surface area contributed by atoms with E-state index < -0.39 is 38.6 Å². The lowest BCUT2D eigenvalue weighted by Gasteiger charge is -2.24. The zero-order valence-electron chi connectivity index (χ0n) is 14.7. The monoisotopic (exact) mass is 392 g/mol. The van der Waals surface area contributed by atoms with Crippen LogP contribution in [-0.4, -0.2) is 62.2 Å². The molecule has 25 heavy (non-hydrogen) atoms. The molecule has 1 rings (SSSR count). The molecule has 0 bridgehead atoms. The van der Waals surface area contributed by atoms with Crippen molar-refractivity contribution in [1.29, 1.82) is 0 Å². The third-order valence-electron chi connectivity index (χ3n) is 3.64. The van der Waals surface area contributed by atoms with Crippen molar-refractivity contribution >= 4 is 26.0 Å². The van der Waals surface area contributed by atoms with Gasteiger partial charge in [-0.15, -0.1) is 0 Å². The van der Waals surface area contributed by atoms with Crippen molar-refractivity contribution < 1.29 is 26.7 Å². The Kier molecular flexibility index (Phi) is 7.12. The van der Waals surface area contributed by atoms with Crippen LogP contribution in [0.5, 0.6) is 0 Å². The molecule has 1 aromatic rings. The predicted octanol–water partition coefficient (Wildman–Crippen LogP) is 1.20. The largest absolute Gasteiger partial charge is 0.480 e. The highest BCUT2D eigenvalue weighted by Gasteiger charge is 2.30. The Labute approximate surface area is 149 Å². The highest BCUT2D eigenvalue weighted by molar-refractivity contribution is 7.89. The fourth-order valence-electron chi connectivity index (χ4n) is 2.31. The zero-order valence-corrected chi connectivity index (χ0v) is 16.3. The molecule has 142 valence electrons. The fraction of sp³-hybridized carbons (Fsp3) is 0.533. The molecule has 0 heterocycles. The molecule has 1 N–H and O–H groups in total. The third kappa shape index (κ3) is 4.78. The third-order valence-corrected chi connectivity index (χ3v) is 7.74. The molecular weight excluding hydrogens is 368 g/mol. The van der Waals surface area contributed by atoms with Gasteiger partial charge in [-0.3, -0.25) is 4.79 Å². The van der Waals surface area contributed by atoms with Crippen LogP contribution in [-0.2, 0) is 24.8 Å². The van der Waals surface area contributed by atoms with Gasteiger partial charge in [0, 0.05) is 19.1 Å². The van der Waals surface area contributed by atoms with Gasteiger partial charge in [0.25, 0.3) is 0 Å². The predicted molar refractivity (Wildman–Crippen MR) is 93.2 cm³/mol. The highest BCUT2D eigenvalue weighted by atomic mass is 32.2. The van der Waals surface area contributed by atoms with Crippen LogP contribution < -0.4 is 0 Å². The van der Waals surface area contributed by atoms with Crippen molar-refractivity contribution in [2.75, 3.05) is 19.6 Å². The van der Waals surface area contributed by atoms with Gasteiger partial charge in [-0.2, -0.15) is 8.61 Å². The van der Waals surface area contributed by atoms with Crippen molar-refractivity contribution in [3.05, 3.63) is 24.3 Å². The van der Waals surface area contributed by atoms with Crippen LogP contribution >= 0.6 is 0 Å². The molecule has 0 aliphatic carbocycles. The van der Waals surface area contributed by atoms with E-state index in [0.29, 0.717) is 13.1 Å². The smallest absolute Gasteiger partial charge is 0.318 e. The summed E-state index contributed by atoms with van der Waals surface area (Å²) in [7, 11) is -7.73. The lowest BCUT2D eigenvalue weighted by Crippen LogP contribution is -2.40. The maximum atomic E-state index is 12.6. The Bertz CT molecular complexity index is 797. The highest BCUT2D eigenvalue weighted by Crippen LogP contribution is 2.22. The zero-order chi connectivity index (χ0) is 19.4. The van der Waals surface area contributed by atoms with Crippen molar-refractivity contribution in [1.82, 2.24) is 8.61 Å². The summed E-state index contributed by atoms with van der Waals surface area (Å²) in [6, 6.07) is 4.26. The first-order valence-corrected chi connectivity index (χ1v) is 10.7. The SMILES string of the molecule is CCN(CC)S(=O)(=O)c1ccc(S(=O)(=O)N(CC(=O)O)C(C)C)cc1. The molecule has 0 amide bonds. The number of aliphatic carboxylic acids is 1. The van der Waals surface area contributed by atoms with E-state index >= 15 is 0 Å². The molecule has 0 unspecified atom stereocenters. The summed E-state index contributed by atoms with van der Waals surface area (Å²) in [5.74, 6) is -1.27. The lowest BCUT2D eigenvalue weighted by molar-refractivity contribution is -0.137. The molecule has 0 aliphatic heterocycles. The molecule has 1 aromatic carbocycles. The minimum Gasteiger partial charge on any atom is -0.480 e. The van der Waals surface area contributed by atoms with E-state index in [1.165, 1.54) is 28.6 Å². The summed E-state index contributed by atoms with van der Waals surface area (Å²) in [5, 5.41) is 8.92. The molecule has 8 nitrogen and oxygen atoms in total. The van der Waals surface area contributed by atoms with Crippen LogP contribution in [0.3, 0.4) is 0 Å². The van der Waals surface area contributed by atoms with Crippen LogP contribution in [0.4, 0.5) is 0 Å². The molecule has 0 fully saturated rings. The Morgan fingerprint density at radius 3 is 1.68 bits per heavy atom. The number of rotatable bonds is 9. The summed E-state index contributed by atoms with van der Waals surface area (Å²) in [6.07, 6.45) is 0. The van der Waals surface area contributed by atoms with Crippen LogP contribution in [0.25, 0.3) is 0 Å². The first-order valence-electron chi connectivity index (χ1n) is 7.82. The molecule has 0 aliphatic rings. The number of hydrogen-bond donors (Lipinski definition) is 1. The topological polar surface area (TPSA) is 112 Å². The molecule has 10 heteroatoms. The minimum absolute atomic E-state index is 0.00974. The summed E-state index contributed by atoms with van der Waals surface area (Å²) < 4.78 is 52.2. The van der Waals surface area contributed by atoms with Crippen molar-refractivity contribution in [3.63, 3.8) is 0 Å². The van der Waals surface area contributed by atoms with E-state index in [4.69, 9.17) is 5.11 Å². The van der Waals surface area contributed by atoms with Crippen LogP contribution in [0.1, 0.15) is 27.7 Å². The minimum atomic E-state index is -4.04. The first kappa shape index (κ1) is 21.6. The first-order chi connectivity index (χ1) is 11.5. The normalized spacial score (nSPS) is 12.9. The van der Waals surface area contributed by atoms with Gasteiger partial charge in [-0.05, 0) is 38.1 Å². The quantitative estimate of drug-likeness (QED) is 0.676. The fourth-order valence-corrected chi connectivity index (χ4v) is 5.35. The maximum absolute atomic E-state index is 12.6. The van der Waals surface area contributed by atoms with Crippen molar-refractivity contribution in [2.45, 2.75) is 43.5 Å². The van der Waals surface area contributed by atoms with Gasteiger partial charge in [0.15, 0.2) is 0 Å². The summed E-state index contributed by atoms with van der Waals surface area (Å²) in [6.45, 7) is 6.51. The Balaban J connectivity index is 3.27. The van der Waals surface area contributed by atoms with E-state index in [0.717, 1.165) is 4.31 Å². The number of hydrogen-bond acceptors (Lipinski definition) is 5. The second-order valence-corrected chi connectivity index (χ2v) is 9.43. The second-order valence-electron chi connectivity index (χ2n) is 5.60. The van der Waals surface area contributed by atoms with E-state index in [1.807, 2.05) is 0 Å². The summed E-state index contributed by atoms with van der Waals surface area (Å²) in [5.41, 5.74) is 0. The molecule has 0 spiro atoms.